The molecule has 0 amide bonds. The molecule has 3 aliphatic rings. The number of rotatable bonds is 0. The van der Waals surface area contributed by atoms with Crippen molar-refractivity contribution in [2.75, 3.05) is 0 Å². The molecule has 3 rings (SSSR count). The van der Waals surface area contributed by atoms with Gasteiger partial charge in [0.1, 0.15) is 6.10 Å². The molecule has 3 aliphatic heterocycles. The Labute approximate surface area is 82.8 Å². The van der Waals surface area contributed by atoms with E-state index < -0.39 is 5.79 Å². The van der Waals surface area contributed by atoms with Crippen LogP contribution in [0.2, 0.25) is 0 Å². The van der Waals surface area contributed by atoms with E-state index in [1.54, 1.807) is 0 Å². The highest BCUT2D eigenvalue weighted by molar-refractivity contribution is 5.06. The van der Waals surface area contributed by atoms with Crippen LogP contribution in [0.4, 0.5) is 0 Å². The topological polar surface area (TPSA) is 36.9 Å². The molecule has 0 bridgehead atoms. The second-order valence-corrected chi connectivity index (χ2v) is 4.47. The average molecular weight is 198 g/mol. The molecule has 0 radical (unpaired) electrons. The first kappa shape index (κ1) is 8.71. The Balaban J connectivity index is 1.81. The van der Waals surface area contributed by atoms with Crippen molar-refractivity contribution in [3.05, 3.63) is 12.3 Å². The fraction of sp³-hybridized carbons (Fsp3) is 0.800. The van der Waals surface area contributed by atoms with Crippen molar-refractivity contribution >= 4 is 0 Å². The van der Waals surface area contributed by atoms with Crippen molar-refractivity contribution in [2.24, 2.45) is 0 Å². The molecule has 0 aliphatic carbocycles. The van der Waals surface area contributed by atoms with Gasteiger partial charge in [-0.15, -0.1) is 0 Å². The second kappa shape index (κ2) is 2.51. The number of hydrogen-bond donors (Lipinski definition) is 0. The van der Waals surface area contributed by atoms with E-state index in [4.69, 9.17) is 18.9 Å². The third-order valence-corrected chi connectivity index (χ3v) is 2.82. The Hall–Kier alpha value is -0.580. The predicted octanol–water partition coefficient (Wildman–Crippen LogP) is 1.17. The minimum absolute atomic E-state index is 0.0331. The summed E-state index contributed by atoms with van der Waals surface area (Å²) in [5, 5.41) is 0. The summed E-state index contributed by atoms with van der Waals surface area (Å²) in [6.45, 7) is 7.55. The van der Waals surface area contributed by atoms with Gasteiger partial charge in [-0.25, -0.2) is 0 Å². The fourth-order valence-electron chi connectivity index (χ4n) is 2.32. The summed E-state index contributed by atoms with van der Waals surface area (Å²) in [4.78, 5) is 0. The first-order valence-electron chi connectivity index (χ1n) is 4.91. The lowest BCUT2D eigenvalue weighted by Crippen LogP contribution is -2.32. The number of hydrogen-bond acceptors (Lipinski definition) is 4. The molecule has 0 spiro atoms. The maximum absolute atomic E-state index is 5.72. The van der Waals surface area contributed by atoms with E-state index in [1.165, 1.54) is 0 Å². The lowest BCUT2D eigenvalue weighted by atomic mass is 10.1. The molecular formula is C10H14O4. The van der Waals surface area contributed by atoms with Crippen LogP contribution in [0, 0.1) is 0 Å². The number of ether oxygens (including phenoxy) is 4. The van der Waals surface area contributed by atoms with Crippen LogP contribution in [0.3, 0.4) is 0 Å². The van der Waals surface area contributed by atoms with E-state index in [1.807, 2.05) is 13.8 Å². The minimum Gasteiger partial charge on any atom is -0.490 e. The molecule has 4 nitrogen and oxygen atoms in total. The van der Waals surface area contributed by atoms with Crippen LogP contribution in [0.1, 0.15) is 20.3 Å². The Bertz CT molecular complexity index is 286. The predicted molar refractivity (Wildman–Crippen MR) is 47.3 cm³/mol. The summed E-state index contributed by atoms with van der Waals surface area (Å²) in [6.07, 6.45) is 0.412. The molecule has 0 unspecified atom stereocenters. The Kier molecular flexibility index (Phi) is 1.56. The van der Waals surface area contributed by atoms with Gasteiger partial charge in [0.05, 0.1) is 5.76 Å². The van der Waals surface area contributed by atoms with Crippen LogP contribution < -0.4 is 0 Å². The summed E-state index contributed by atoms with van der Waals surface area (Å²) in [5.74, 6) is 0.222. The van der Waals surface area contributed by atoms with Crippen molar-refractivity contribution in [3.63, 3.8) is 0 Å². The van der Waals surface area contributed by atoms with Crippen molar-refractivity contribution in [1.82, 2.24) is 0 Å². The van der Waals surface area contributed by atoms with Gasteiger partial charge < -0.3 is 18.9 Å². The molecule has 3 saturated heterocycles. The maximum Gasteiger partial charge on any atom is 0.191 e. The van der Waals surface area contributed by atoms with Crippen LogP contribution in [-0.4, -0.2) is 30.4 Å². The Morgan fingerprint density at radius 3 is 2.86 bits per heavy atom. The molecule has 0 aromatic rings. The zero-order valence-corrected chi connectivity index (χ0v) is 8.36. The molecule has 3 heterocycles. The van der Waals surface area contributed by atoms with Gasteiger partial charge in [0.2, 0.25) is 0 Å². The van der Waals surface area contributed by atoms with E-state index in [9.17, 15) is 0 Å². The zero-order chi connectivity index (χ0) is 9.92. The largest absolute Gasteiger partial charge is 0.490 e. The van der Waals surface area contributed by atoms with Crippen LogP contribution in [0.15, 0.2) is 12.3 Å². The standard InChI is InChI=1S/C10H14O4/c1-5-4-6-7(11-5)8-9(12-6)14-10(2,3)13-8/h6-9H,1,4H2,2-3H3/t6-,7+,8-,9-/m1/s1. The Morgan fingerprint density at radius 1 is 1.29 bits per heavy atom. The van der Waals surface area contributed by atoms with Crippen LogP contribution in [0.5, 0.6) is 0 Å². The van der Waals surface area contributed by atoms with Crippen molar-refractivity contribution < 1.29 is 18.9 Å². The van der Waals surface area contributed by atoms with Gasteiger partial charge in [-0.1, -0.05) is 6.58 Å². The summed E-state index contributed by atoms with van der Waals surface area (Å²) in [5.41, 5.74) is 0. The molecule has 0 aromatic carbocycles. The van der Waals surface area contributed by atoms with Gasteiger partial charge in [-0.2, -0.15) is 0 Å². The summed E-state index contributed by atoms with van der Waals surface area (Å²) >= 11 is 0. The van der Waals surface area contributed by atoms with Gasteiger partial charge in [0.15, 0.2) is 24.3 Å². The Morgan fingerprint density at radius 2 is 2.07 bits per heavy atom. The van der Waals surface area contributed by atoms with Crippen molar-refractivity contribution in [3.8, 4) is 0 Å². The molecule has 14 heavy (non-hydrogen) atoms. The molecule has 0 saturated carbocycles. The fourth-order valence-corrected chi connectivity index (χ4v) is 2.32. The monoisotopic (exact) mass is 198 g/mol. The quantitative estimate of drug-likeness (QED) is 0.585. The molecule has 4 atom stereocenters. The van der Waals surface area contributed by atoms with Gasteiger partial charge in [0, 0.05) is 6.42 Å². The van der Waals surface area contributed by atoms with Gasteiger partial charge >= 0.3 is 0 Å². The van der Waals surface area contributed by atoms with E-state index in [-0.39, 0.29) is 24.6 Å². The maximum atomic E-state index is 5.72. The normalized spacial score (nSPS) is 48.9. The average Bonchev–Trinajstić information content (AvgIpc) is 2.58. The van der Waals surface area contributed by atoms with Crippen molar-refractivity contribution in [2.45, 2.75) is 50.7 Å². The minimum atomic E-state index is -0.562. The third-order valence-electron chi connectivity index (χ3n) is 2.82. The smallest absolute Gasteiger partial charge is 0.191 e. The first-order valence-corrected chi connectivity index (χ1v) is 4.91. The summed E-state index contributed by atoms with van der Waals surface area (Å²) in [6, 6.07) is 0. The molecule has 4 heteroatoms. The van der Waals surface area contributed by atoms with Gasteiger partial charge in [-0.3, -0.25) is 0 Å². The summed E-state index contributed by atoms with van der Waals surface area (Å²) in [7, 11) is 0. The highest BCUT2D eigenvalue weighted by Crippen LogP contribution is 2.43. The lowest BCUT2D eigenvalue weighted by molar-refractivity contribution is -0.209. The van der Waals surface area contributed by atoms with E-state index in [2.05, 4.69) is 6.58 Å². The van der Waals surface area contributed by atoms with Gasteiger partial charge in [-0.05, 0) is 13.8 Å². The van der Waals surface area contributed by atoms with E-state index in [0.717, 1.165) is 12.2 Å². The highest BCUT2D eigenvalue weighted by Gasteiger charge is 2.58. The number of fused-ring (bicyclic) bond motifs is 3. The molecule has 3 fully saturated rings. The molecular weight excluding hydrogens is 184 g/mol. The highest BCUT2D eigenvalue weighted by atomic mass is 16.8. The van der Waals surface area contributed by atoms with Gasteiger partial charge in [0.25, 0.3) is 0 Å². The SMILES string of the molecule is C=C1C[C@H]2O[C@@H]3OC(C)(C)O[C@@H]3[C@H]2O1. The van der Waals surface area contributed by atoms with Crippen LogP contribution in [-0.2, 0) is 18.9 Å². The molecule has 0 N–H and O–H groups in total. The van der Waals surface area contributed by atoms with E-state index >= 15 is 0 Å². The lowest BCUT2D eigenvalue weighted by Gasteiger charge is -2.20. The first-order chi connectivity index (χ1) is 6.55. The van der Waals surface area contributed by atoms with Crippen LogP contribution >= 0.6 is 0 Å². The second-order valence-electron chi connectivity index (χ2n) is 4.47. The van der Waals surface area contributed by atoms with Crippen molar-refractivity contribution in [1.29, 1.82) is 0 Å². The summed E-state index contributed by atoms with van der Waals surface area (Å²) < 4.78 is 22.6. The third kappa shape index (κ3) is 1.11. The zero-order valence-electron chi connectivity index (χ0n) is 8.36. The molecule has 78 valence electrons. The van der Waals surface area contributed by atoms with E-state index in [0.29, 0.717) is 0 Å². The van der Waals surface area contributed by atoms with Crippen LogP contribution in [0.25, 0.3) is 0 Å². The molecule has 0 aromatic heterocycles.